The lowest BCUT2D eigenvalue weighted by molar-refractivity contribution is -0.305. The lowest BCUT2D eigenvalue weighted by Gasteiger charge is -2.41. The van der Waals surface area contributed by atoms with E-state index in [2.05, 4.69) is 86.8 Å². The molecule has 0 spiro atoms. The summed E-state index contributed by atoms with van der Waals surface area (Å²) in [5.74, 6) is -1.19. The van der Waals surface area contributed by atoms with Crippen molar-refractivity contribution < 1.29 is 49.3 Å². The van der Waals surface area contributed by atoms with Crippen LogP contribution in [0.1, 0.15) is 323 Å². The number of allylic oxidation sites excluding steroid dienone is 11. The number of carbonyl (C=O) groups is 2. The minimum absolute atomic E-state index is 0.120. The summed E-state index contributed by atoms with van der Waals surface area (Å²) in [7, 11) is 0. The SMILES string of the molecule is CCCCC/C=C\C/C=C\C/C=C\CCCCCCCCCCCCCCC(=O)OC1C(OCC(NC(=O)C(O)CCCCCCCCCCCC/C=C\C/C=C\CCCCC)C(O)/C=C/CCCCCCCCCCC)OC(CO)C(O)C1O. The average molecular weight is 1200 g/mol. The Morgan fingerprint density at radius 1 is 0.459 bits per heavy atom. The molecule has 0 aromatic carbocycles. The highest BCUT2D eigenvalue weighted by molar-refractivity contribution is 5.80. The Bertz CT molecular complexity index is 1660. The molecule has 85 heavy (non-hydrogen) atoms. The summed E-state index contributed by atoms with van der Waals surface area (Å²) in [4.78, 5) is 26.7. The fourth-order valence-electron chi connectivity index (χ4n) is 10.9. The van der Waals surface area contributed by atoms with Crippen LogP contribution in [0.5, 0.6) is 0 Å². The van der Waals surface area contributed by atoms with Crippen molar-refractivity contribution in [2.45, 2.75) is 372 Å². The van der Waals surface area contributed by atoms with Gasteiger partial charge in [-0.2, -0.15) is 0 Å². The molecule has 0 radical (unpaired) electrons. The second kappa shape index (κ2) is 61.3. The monoisotopic (exact) mass is 1200 g/mol. The molecule has 11 nitrogen and oxygen atoms in total. The fraction of sp³-hybridized carbons (Fsp3) is 0.811. The Morgan fingerprint density at radius 2 is 0.812 bits per heavy atom. The molecule has 1 rings (SSSR count). The molecule has 1 saturated heterocycles. The fourth-order valence-corrected chi connectivity index (χ4v) is 10.9. The van der Waals surface area contributed by atoms with Crippen LogP contribution in [0.3, 0.4) is 0 Å². The molecule has 6 N–H and O–H groups in total. The number of ether oxygens (including phenoxy) is 3. The highest BCUT2D eigenvalue weighted by Gasteiger charge is 2.47. The van der Waals surface area contributed by atoms with E-state index in [-0.39, 0.29) is 19.4 Å². The van der Waals surface area contributed by atoms with Gasteiger partial charge >= 0.3 is 5.97 Å². The molecular weight excluding hydrogens is 1060 g/mol. The van der Waals surface area contributed by atoms with Gasteiger partial charge in [-0.25, -0.2) is 0 Å². The van der Waals surface area contributed by atoms with Crippen LogP contribution in [-0.4, -0.2) is 99.6 Å². The Balaban J connectivity index is 2.55. The van der Waals surface area contributed by atoms with E-state index in [1.165, 1.54) is 193 Å². The number of hydrogen-bond donors (Lipinski definition) is 6. The summed E-state index contributed by atoms with van der Waals surface area (Å²) in [5.41, 5.74) is 0. The number of unbranched alkanes of at least 4 members (excludes halogenated alkanes) is 37. The Labute approximate surface area is 521 Å². The molecule has 494 valence electrons. The first-order valence-electron chi connectivity index (χ1n) is 35.7. The summed E-state index contributed by atoms with van der Waals surface area (Å²) < 4.78 is 17.7. The van der Waals surface area contributed by atoms with Gasteiger partial charge in [0.25, 0.3) is 0 Å². The van der Waals surface area contributed by atoms with E-state index in [4.69, 9.17) is 14.2 Å². The zero-order valence-electron chi connectivity index (χ0n) is 55.0. The third-order valence-electron chi connectivity index (χ3n) is 16.6. The third-order valence-corrected chi connectivity index (χ3v) is 16.6. The third kappa shape index (κ3) is 48.7. The van der Waals surface area contributed by atoms with Gasteiger partial charge in [0.1, 0.15) is 24.4 Å². The van der Waals surface area contributed by atoms with Gasteiger partial charge in [0.15, 0.2) is 12.4 Å². The van der Waals surface area contributed by atoms with E-state index in [9.17, 15) is 35.1 Å². The molecule has 0 aliphatic carbocycles. The standard InChI is InChI=1S/C74H133NO10/c1-4-7-10-13-16-19-22-24-26-28-30-32-33-34-35-36-38-40-42-44-47-50-53-56-59-62-69(79)85-72-71(81)70(80)68(63-76)84-74(72)83-64-65(66(77)60-57-54-51-48-45-21-18-15-12-9-6-3)75-73(82)67(78)61-58-55-52-49-46-43-41-39-37-31-29-27-25-23-20-17-14-11-8-5-2/h16-17,19-20,24-27,30,32,57,60,65-68,70-72,74,76-78,80-81H,4-15,18,21-23,28-29,31,33-56,58-59,61-64H2,1-3H3,(H,75,82)/b19-16-,20-17-,26-24-,27-25-,32-30-,60-57+. The van der Waals surface area contributed by atoms with Crippen molar-refractivity contribution >= 4 is 11.9 Å². The average Bonchev–Trinajstić information content (AvgIpc) is 2.90. The summed E-state index contributed by atoms with van der Waals surface area (Å²) in [5, 5.41) is 57.2. The van der Waals surface area contributed by atoms with E-state index in [0.717, 1.165) is 83.5 Å². The molecule has 0 aromatic heterocycles. The number of aliphatic hydroxyl groups is 5. The van der Waals surface area contributed by atoms with Crippen molar-refractivity contribution in [3.8, 4) is 0 Å². The molecule has 1 heterocycles. The predicted octanol–water partition coefficient (Wildman–Crippen LogP) is 18.3. The van der Waals surface area contributed by atoms with Crippen LogP contribution in [0.15, 0.2) is 72.9 Å². The Kier molecular flexibility index (Phi) is 57.8. The van der Waals surface area contributed by atoms with Crippen LogP contribution < -0.4 is 5.32 Å². The van der Waals surface area contributed by atoms with Crippen LogP contribution in [0.4, 0.5) is 0 Å². The number of nitrogens with one attached hydrogen (secondary N) is 1. The lowest BCUT2D eigenvalue weighted by atomic mass is 9.99. The van der Waals surface area contributed by atoms with Crippen molar-refractivity contribution in [3.05, 3.63) is 72.9 Å². The molecule has 0 aromatic rings. The highest BCUT2D eigenvalue weighted by Crippen LogP contribution is 2.26. The van der Waals surface area contributed by atoms with Crippen molar-refractivity contribution in [3.63, 3.8) is 0 Å². The maximum absolute atomic E-state index is 13.5. The maximum atomic E-state index is 13.5. The van der Waals surface area contributed by atoms with Gasteiger partial charge in [-0.05, 0) is 96.3 Å². The maximum Gasteiger partial charge on any atom is 0.306 e. The highest BCUT2D eigenvalue weighted by atomic mass is 16.7. The van der Waals surface area contributed by atoms with Gasteiger partial charge in [0, 0.05) is 6.42 Å². The van der Waals surface area contributed by atoms with E-state index < -0.39 is 67.4 Å². The molecule has 8 unspecified atom stereocenters. The Morgan fingerprint density at radius 3 is 1.24 bits per heavy atom. The first kappa shape index (κ1) is 80.1. The first-order valence-corrected chi connectivity index (χ1v) is 35.7. The molecule has 0 bridgehead atoms. The molecular formula is C74H133NO10. The van der Waals surface area contributed by atoms with E-state index in [1.807, 2.05) is 6.08 Å². The Hall–Kier alpha value is -2.90. The van der Waals surface area contributed by atoms with Gasteiger partial charge in [-0.15, -0.1) is 0 Å². The number of rotatable bonds is 61. The van der Waals surface area contributed by atoms with Crippen LogP contribution in [0.25, 0.3) is 0 Å². The molecule has 1 aliphatic heterocycles. The predicted molar refractivity (Wildman–Crippen MR) is 356 cm³/mol. The topological polar surface area (TPSA) is 175 Å². The number of amides is 1. The van der Waals surface area contributed by atoms with E-state index in [1.54, 1.807) is 6.08 Å². The molecule has 1 amide bonds. The molecule has 1 fully saturated rings. The van der Waals surface area contributed by atoms with E-state index >= 15 is 0 Å². The quantitative estimate of drug-likeness (QED) is 0.0195. The first-order chi connectivity index (χ1) is 41.7. The largest absolute Gasteiger partial charge is 0.454 e. The normalized spacial score (nSPS) is 18.8. The number of carbonyl (C=O) groups excluding carboxylic acids is 2. The summed E-state index contributed by atoms with van der Waals surface area (Å²) in [6.07, 6.45) is 69.4. The van der Waals surface area contributed by atoms with E-state index in [0.29, 0.717) is 12.8 Å². The molecule has 0 saturated carbocycles. The molecule has 11 heteroatoms. The van der Waals surface area contributed by atoms with Gasteiger partial charge in [-0.1, -0.05) is 293 Å². The molecule has 1 aliphatic rings. The minimum Gasteiger partial charge on any atom is -0.454 e. The van der Waals surface area contributed by atoms with Gasteiger partial charge in [0.2, 0.25) is 5.91 Å². The second-order valence-corrected chi connectivity index (χ2v) is 24.6. The second-order valence-electron chi connectivity index (χ2n) is 24.6. The van der Waals surface area contributed by atoms with Crippen molar-refractivity contribution in [1.82, 2.24) is 5.32 Å². The lowest BCUT2D eigenvalue weighted by Crippen LogP contribution is -2.61. The molecule has 8 atom stereocenters. The van der Waals surface area contributed by atoms with Crippen molar-refractivity contribution in [2.24, 2.45) is 0 Å². The van der Waals surface area contributed by atoms with Crippen LogP contribution in [0, 0.1) is 0 Å². The van der Waals surface area contributed by atoms with Crippen molar-refractivity contribution in [1.29, 1.82) is 0 Å². The number of esters is 1. The zero-order valence-corrected chi connectivity index (χ0v) is 55.0. The van der Waals surface area contributed by atoms with Crippen LogP contribution in [0.2, 0.25) is 0 Å². The summed E-state index contributed by atoms with van der Waals surface area (Å²) >= 11 is 0. The van der Waals surface area contributed by atoms with Gasteiger partial charge in [0.05, 0.1) is 25.4 Å². The van der Waals surface area contributed by atoms with Crippen LogP contribution >= 0.6 is 0 Å². The van der Waals surface area contributed by atoms with Gasteiger partial charge in [-0.3, -0.25) is 9.59 Å². The number of aliphatic hydroxyl groups excluding tert-OH is 5. The smallest absolute Gasteiger partial charge is 0.306 e. The minimum atomic E-state index is -1.62. The van der Waals surface area contributed by atoms with Crippen LogP contribution in [-0.2, 0) is 23.8 Å². The van der Waals surface area contributed by atoms with Gasteiger partial charge < -0.3 is 45.1 Å². The summed E-state index contributed by atoms with van der Waals surface area (Å²) in [6, 6.07) is -1.03. The van der Waals surface area contributed by atoms with Crippen molar-refractivity contribution in [2.75, 3.05) is 13.2 Å². The zero-order chi connectivity index (χ0) is 61.7. The summed E-state index contributed by atoms with van der Waals surface area (Å²) in [6.45, 7) is 5.76. The number of hydrogen-bond acceptors (Lipinski definition) is 10.